The highest BCUT2D eigenvalue weighted by molar-refractivity contribution is 5.93. The molecular formula is C18H20FN5O3. The number of hydrogen-bond acceptors (Lipinski definition) is 5. The van der Waals surface area contributed by atoms with Crippen molar-refractivity contribution in [3.8, 4) is 0 Å². The van der Waals surface area contributed by atoms with Crippen LogP contribution in [0.2, 0.25) is 0 Å². The Morgan fingerprint density at radius 2 is 1.74 bits per heavy atom. The second kappa shape index (κ2) is 8.09. The fourth-order valence-electron chi connectivity index (χ4n) is 2.82. The van der Waals surface area contributed by atoms with Crippen LogP contribution < -0.4 is 10.9 Å². The first-order valence-corrected chi connectivity index (χ1v) is 8.54. The Morgan fingerprint density at radius 1 is 1.07 bits per heavy atom. The van der Waals surface area contributed by atoms with Crippen LogP contribution in [0.4, 0.5) is 10.1 Å². The number of carbonyl (C=O) groups is 2. The first-order chi connectivity index (χ1) is 12.9. The first-order valence-electron chi connectivity index (χ1n) is 8.54. The molecule has 0 radical (unpaired) electrons. The molecule has 9 heteroatoms. The number of nitrogens with zero attached hydrogens (tertiary/aromatic N) is 4. The third-order valence-electron chi connectivity index (χ3n) is 4.33. The van der Waals surface area contributed by atoms with Crippen molar-refractivity contribution >= 4 is 17.5 Å². The molecule has 1 aliphatic heterocycles. The number of rotatable bonds is 4. The Labute approximate surface area is 155 Å². The number of benzene rings is 1. The van der Waals surface area contributed by atoms with E-state index < -0.39 is 0 Å². The zero-order valence-electron chi connectivity index (χ0n) is 14.9. The van der Waals surface area contributed by atoms with Gasteiger partial charge in [0.2, 0.25) is 5.91 Å². The third-order valence-corrected chi connectivity index (χ3v) is 4.33. The average molecular weight is 373 g/mol. The van der Waals surface area contributed by atoms with E-state index >= 15 is 0 Å². The van der Waals surface area contributed by atoms with E-state index in [0.29, 0.717) is 31.9 Å². The minimum Gasteiger partial charge on any atom is -0.335 e. The normalized spacial score (nSPS) is 14.8. The monoisotopic (exact) mass is 373 g/mol. The number of aromatic nitrogens is 2. The second-order valence-corrected chi connectivity index (χ2v) is 6.30. The molecular weight excluding hydrogens is 353 g/mol. The Balaban J connectivity index is 1.50. The smallest absolute Gasteiger partial charge is 0.274 e. The van der Waals surface area contributed by atoms with E-state index in [9.17, 15) is 18.8 Å². The lowest BCUT2D eigenvalue weighted by Crippen LogP contribution is -2.50. The summed E-state index contributed by atoms with van der Waals surface area (Å²) in [6, 6.07) is 8.32. The molecule has 0 unspecified atom stereocenters. The highest BCUT2D eigenvalue weighted by Crippen LogP contribution is 2.09. The number of amides is 2. The molecule has 1 N–H and O–H groups in total. The van der Waals surface area contributed by atoms with E-state index in [1.54, 1.807) is 4.90 Å². The van der Waals surface area contributed by atoms with Crippen LogP contribution in [0.5, 0.6) is 0 Å². The first kappa shape index (κ1) is 18.7. The molecule has 2 aromatic rings. The van der Waals surface area contributed by atoms with Gasteiger partial charge in [0.15, 0.2) is 0 Å². The summed E-state index contributed by atoms with van der Waals surface area (Å²) in [5.74, 6) is -0.788. The molecule has 1 saturated heterocycles. The second-order valence-electron chi connectivity index (χ2n) is 6.30. The lowest BCUT2D eigenvalue weighted by atomic mass is 10.2. The van der Waals surface area contributed by atoms with E-state index in [1.807, 2.05) is 4.90 Å². The molecule has 0 spiro atoms. The van der Waals surface area contributed by atoms with Gasteiger partial charge in [-0.05, 0) is 30.3 Å². The van der Waals surface area contributed by atoms with Crippen molar-refractivity contribution in [1.82, 2.24) is 19.6 Å². The van der Waals surface area contributed by atoms with Crippen LogP contribution in [0.1, 0.15) is 10.5 Å². The maximum Gasteiger partial charge on any atom is 0.274 e. The molecule has 1 aromatic heterocycles. The van der Waals surface area contributed by atoms with Gasteiger partial charge in [-0.25, -0.2) is 9.07 Å². The minimum atomic E-state index is -0.359. The molecule has 27 heavy (non-hydrogen) atoms. The van der Waals surface area contributed by atoms with Crippen LogP contribution in [-0.4, -0.2) is 64.1 Å². The SMILES string of the molecule is Cn1nc(C(=O)N2CCN(CC(=O)Nc3ccc(F)cc3)CC2)ccc1=O. The van der Waals surface area contributed by atoms with Gasteiger partial charge in [-0.3, -0.25) is 19.3 Å². The highest BCUT2D eigenvalue weighted by atomic mass is 19.1. The predicted octanol–water partition coefficient (Wildman–Crippen LogP) is 0.316. The quantitative estimate of drug-likeness (QED) is 0.834. The van der Waals surface area contributed by atoms with Crippen LogP contribution in [0.15, 0.2) is 41.2 Å². The van der Waals surface area contributed by atoms with E-state index in [4.69, 9.17) is 0 Å². The summed E-state index contributed by atoms with van der Waals surface area (Å²) in [7, 11) is 1.50. The summed E-state index contributed by atoms with van der Waals surface area (Å²) < 4.78 is 14.0. The molecule has 1 fully saturated rings. The Bertz CT molecular complexity index is 889. The van der Waals surface area contributed by atoms with E-state index in [0.717, 1.165) is 4.68 Å². The van der Waals surface area contributed by atoms with Crippen LogP contribution in [0, 0.1) is 5.82 Å². The lowest BCUT2D eigenvalue weighted by molar-refractivity contribution is -0.117. The van der Waals surface area contributed by atoms with Crippen molar-refractivity contribution in [1.29, 1.82) is 0 Å². The van der Waals surface area contributed by atoms with Gasteiger partial charge in [-0.15, -0.1) is 0 Å². The maximum absolute atomic E-state index is 12.9. The van der Waals surface area contributed by atoms with Gasteiger partial charge in [-0.1, -0.05) is 0 Å². The summed E-state index contributed by atoms with van der Waals surface area (Å²) in [4.78, 5) is 39.6. The molecule has 0 aliphatic carbocycles. The topological polar surface area (TPSA) is 87.5 Å². The number of aryl methyl sites for hydroxylation is 1. The van der Waals surface area contributed by atoms with E-state index in [-0.39, 0.29) is 35.4 Å². The molecule has 3 rings (SSSR count). The predicted molar refractivity (Wildman–Crippen MR) is 96.9 cm³/mol. The summed E-state index contributed by atoms with van der Waals surface area (Å²) in [5.41, 5.74) is 0.485. The van der Waals surface area contributed by atoms with Crippen LogP contribution >= 0.6 is 0 Å². The van der Waals surface area contributed by atoms with Crippen LogP contribution in [0.3, 0.4) is 0 Å². The molecule has 1 aliphatic rings. The van der Waals surface area contributed by atoms with Crippen molar-refractivity contribution in [3.63, 3.8) is 0 Å². The van der Waals surface area contributed by atoms with Gasteiger partial charge in [-0.2, -0.15) is 5.10 Å². The molecule has 1 aromatic carbocycles. The number of halogens is 1. The molecule has 142 valence electrons. The Morgan fingerprint density at radius 3 is 2.37 bits per heavy atom. The molecule has 0 saturated carbocycles. The van der Waals surface area contributed by atoms with Crippen molar-refractivity contribution in [2.24, 2.45) is 7.05 Å². The summed E-state index contributed by atoms with van der Waals surface area (Å²) in [5, 5.41) is 6.69. The van der Waals surface area contributed by atoms with Gasteiger partial charge in [0.25, 0.3) is 11.5 Å². The van der Waals surface area contributed by atoms with Gasteiger partial charge in [0, 0.05) is 45.0 Å². The van der Waals surface area contributed by atoms with Crippen LogP contribution in [-0.2, 0) is 11.8 Å². The number of hydrogen-bond donors (Lipinski definition) is 1. The lowest BCUT2D eigenvalue weighted by Gasteiger charge is -2.34. The summed E-state index contributed by atoms with van der Waals surface area (Å²) >= 11 is 0. The maximum atomic E-state index is 12.9. The number of nitrogens with one attached hydrogen (secondary N) is 1. The number of piperazine rings is 1. The summed E-state index contributed by atoms with van der Waals surface area (Å²) in [6.45, 7) is 2.22. The zero-order chi connectivity index (χ0) is 19.4. The standard InChI is InChI=1S/C18H20FN5O3/c1-22-17(26)7-6-15(21-22)18(27)24-10-8-23(9-11-24)12-16(25)20-14-4-2-13(19)3-5-14/h2-7H,8-12H2,1H3,(H,20,25). The average Bonchev–Trinajstić information content (AvgIpc) is 2.66. The van der Waals surface area contributed by atoms with Crippen molar-refractivity contribution in [2.75, 3.05) is 38.0 Å². The Kier molecular flexibility index (Phi) is 5.60. The fourth-order valence-corrected chi connectivity index (χ4v) is 2.82. The molecule has 8 nitrogen and oxygen atoms in total. The largest absolute Gasteiger partial charge is 0.335 e. The van der Waals surface area contributed by atoms with Crippen molar-refractivity contribution in [3.05, 3.63) is 58.3 Å². The fraction of sp³-hybridized carbons (Fsp3) is 0.333. The molecule has 2 amide bonds. The van der Waals surface area contributed by atoms with Gasteiger partial charge in [0.1, 0.15) is 11.5 Å². The van der Waals surface area contributed by atoms with E-state index in [1.165, 1.54) is 43.4 Å². The number of anilines is 1. The van der Waals surface area contributed by atoms with E-state index in [2.05, 4.69) is 10.4 Å². The molecule has 0 bridgehead atoms. The van der Waals surface area contributed by atoms with Crippen molar-refractivity contribution in [2.45, 2.75) is 0 Å². The minimum absolute atomic E-state index is 0.192. The van der Waals surface area contributed by atoms with Gasteiger partial charge in [0.05, 0.1) is 6.54 Å². The van der Waals surface area contributed by atoms with Crippen LogP contribution in [0.25, 0.3) is 0 Å². The molecule has 2 heterocycles. The highest BCUT2D eigenvalue weighted by Gasteiger charge is 2.24. The Hall–Kier alpha value is -3.07. The zero-order valence-corrected chi connectivity index (χ0v) is 14.9. The van der Waals surface area contributed by atoms with Gasteiger partial charge < -0.3 is 10.2 Å². The van der Waals surface area contributed by atoms with Crippen molar-refractivity contribution < 1.29 is 14.0 Å². The number of carbonyl (C=O) groups excluding carboxylic acids is 2. The molecule has 0 atom stereocenters. The third kappa shape index (κ3) is 4.76. The summed E-state index contributed by atoms with van der Waals surface area (Å²) in [6.07, 6.45) is 0. The van der Waals surface area contributed by atoms with Gasteiger partial charge >= 0.3 is 0 Å².